The van der Waals surface area contributed by atoms with Crippen LogP contribution in [0.25, 0.3) is 0 Å². The number of carbonyl (C=O) groups is 1. The smallest absolute Gasteiger partial charge is 0.303 e. The Balaban J connectivity index is 2.11. The number of benzene rings is 1. The van der Waals surface area contributed by atoms with Crippen LogP contribution in [0, 0.1) is 0 Å². The molecule has 2 aromatic rings. The monoisotopic (exact) mass is 308 g/mol. The second kappa shape index (κ2) is 7.07. The zero-order valence-corrected chi connectivity index (χ0v) is 12.1. The Morgan fingerprint density at radius 2 is 2.00 bits per heavy atom. The molecule has 0 saturated heterocycles. The van der Waals surface area contributed by atoms with Gasteiger partial charge in [0.15, 0.2) is 0 Å². The largest absolute Gasteiger partial charge is 0.481 e. The number of hydrazone groups is 1. The second-order valence-corrected chi connectivity index (χ2v) is 5.43. The van der Waals surface area contributed by atoms with Crippen molar-refractivity contribution in [3.63, 3.8) is 0 Å². The number of hydrogen-bond acceptors (Lipinski definition) is 4. The van der Waals surface area contributed by atoms with Crippen LogP contribution in [0.5, 0.6) is 0 Å². The van der Waals surface area contributed by atoms with E-state index in [0.29, 0.717) is 11.4 Å². The van der Waals surface area contributed by atoms with Crippen molar-refractivity contribution < 1.29 is 9.90 Å². The van der Waals surface area contributed by atoms with Crippen molar-refractivity contribution in [1.29, 1.82) is 0 Å². The molecule has 1 heterocycles. The van der Waals surface area contributed by atoms with Crippen molar-refractivity contribution in [3.05, 3.63) is 51.7 Å². The first-order valence-corrected chi connectivity index (χ1v) is 7.25. The van der Waals surface area contributed by atoms with E-state index in [4.69, 9.17) is 16.7 Å². The Morgan fingerprint density at radius 3 is 2.60 bits per heavy atom. The summed E-state index contributed by atoms with van der Waals surface area (Å²) >= 11 is 7.35. The summed E-state index contributed by atoms with van der Waals surface area (Å²) < 4.78 is 0. The molecule has 0 unspecified atom stereocenters. The lowest BCUT2D eigenvalue weighted by Gasteiger charge is -2.05. The molecule has 1 aromatic heterocycles. The molecule has 0 radical (unpaired) electrons. The molecule has 0 aliphatic rings. The van der Waals surface area contributed by atoms with Gasteiger partial charge in [-0.3, -0.25) is 10.2 Å². The fraction of sp³-hybridized carbons (Fsp3) is 0.143. The van der Waals surface area contributed by atoms with E-state index in [1.165, 1.54) is 11.3 Å². The van der Waals surface area contributed by atoms with Crippen LogP contribution in [0.15, 0.2) is 46.9 Å². The van der Waals surface area contributed by atoms with Gasteiger partial charge in [-0.05, 0) is 35.7 Å². The number of rotatable bonds is 6. The van der Waals surface area contributed by atoms with E-state index in [-0.39, 0.29) is 6.42 Å². The predicted octanol–water partition coefficient (Wildman–Crippen LogP) is 4.08. The third-order valence-corrected chi connectivity index (χ3v) is 3.72. The Kier molecular flexibility index (Phi) is 5.15. The first kappa shape index (κ1) is 14.6. The van der Waals surface area contributed by atoms with Crippen LogP contribution in [-0.2, 0) is 4.79 Å². The van der Waals surface area contributed by atoms with Gasteiger partial charge >= 0.3 is 5.97 Å². The number of hydrogen-bond donors (Lipinski definition) is 2. The van der Waals surface area contributed by atoms with Crippen LogP contribution in [0.1, 0.15) is 17.7 Å². The van der Waals surface area contributed by atoms with E-state index in [9.17, 15) is 4.79 Å². The number of nitrogens with zero attached hydrogens (tertiary/aromatic N) is 1. The molecule has 0 atom stereocenters. The standard InChI is InChI=1S/C14H13ClN2O2S/c15-10-3-5-11(6-4-10)16-17-12(7-8-14(18)19)13-2-1-9-20-13/h1-6,9,16H,7-8H2,(H,18,19)/b17-12-. The molecule has 1 aromatic carbocycles. The van der Waals surface area contributed by atoms with E-state index in [0.717, 1.165) is 16.3 Å². The van der Waals surface area contributed by atoms with E-state index >= 15 is 0 Å². The average Bonchev–Trinajstić information content (AvgIpc) is 2.94. The normalized spacial score (nSPS) is 11.3. The second-order valence-electron chi connectivity index (χ2n) is 4.05. The topological polar surface area (TPSA) is 61.7 Å². The molecule has 2 N–H and O–H groups in total. The maximum Gasteiger partial charge on any atom is 0.303 e. The summed E-state index contributed by atoms with van der Waals surface area (Å²) in [5.41, 5.74) is 4.47. The number of carboxylic acids is 1. The number of thiophene rings is 1. The van der Waals surface area contributed by atoms with Crippen molar-refractivity contribution in [3.8, 4) is 0 Å². The van der Waals surface area contributed by atoms with Gasteiger partial charge in [0.25, 0.3) is 0 Å². The molecule has 0 amide bonds. The summed E-state index contributed by atoms with van der Waals surface area (Å²) in [6.45, 7) is 0. The summed E-state index contributed by atoms with van der Waals surface area (Å²) in [4.78, 5) is 11.7. The highest BCUT2D eigenvalue weighted by atomic mass is 35.5. The van der Waals surface area contributed by atoms with Crippen LogP contribution in [0.2, 0.25) is 5.02 Å². The summed E-state index contributed by atoms with van der Waals surface area (Å²) in [5.74, 6) is -0.833. The Morgan fingerprint density at radius 1 is 1.25 bits per heavy atom. The maximum atomic E-state index is 10.7. The van der Waals surface area contributed by atoms with Gasteiger partial charge in [-0.15, -0.1) is 11.3 Å². The van der Waals surface area contributed by atoms with Crippen molar-refractivity contribution >= 4 is 40.3 Å². The lowest BCUT2D eigenvalue weighted by molar-refractivity contribution is -0.136. The summed E-state index contributed by atoms with van der Waals surface area (Å²) in [5, 5.41) is 15.7. The van der Waals surface area contributed by atoms with Gasteiger partial charge in [-0.2, -0.15) is 5.10 Å². The lowest BCUT2D eigenvalue weighted by atomic mass is 10.2. The minimum Gasteiger partial charge on any atom is -0.481 e. The van der Waals surface area contributed by atoms with Crippen molar-refractivity contribution in [2.24, 2.45) is 5.10 Å². The number of aliphatic carboxylic acids is 1. The highest BCUT2D eigenvalue weighted by Crippen LogP contribution is 2.16. The van der Waals surface area contributed by atoms with E-state index in [1.807, 2.05) is 29.6 Å². The van der Waals surface area contributed by atoms with Gasteiger partial charge in [0, 0.05) is 11.4 Å². The third kappa shape index (κ3) is 4.36. The molecule has 2 rings (SSSR count). The van der Waals surface area contributed by atoms with Gasteiger partial charge in [0.2, 0.25) is 0 Å². The zero-order chi connectivity index (χ0) is 14.4. The number of nitrogens with one attached hydrogen (secondary N) is 1. The van der Waals surface area contributed by atoms with Crippen LogP contribution in [-0.4, -0.2) is 16.8 Å². The van der Waals surface area contributed by atoms with Crippen molar-refractivity contribution in [2.75, 3.05) is 5.43 Å². The highest BCUT2D eigenvalue weighted by molar-refractivity contribution is 7.12. The molecular formula is C14H13ClN2O2S. The van der Waals surface area contributed by atoms with Crippen LogP contribution in [0.3, 0.4) is 0 Å². The first-order valence-electron chi connectivity index (χ1n) is 5.99. The Bertz CT molecular complexity index is 594. The number of halogens is 1. The quantitative estimate of drug-likeness (QED) is 0.624. The van der Waals surface area contributed by atoms with Gasteiger partial charge in [-0.1, -0.05) is 17.7 Å². The molecule has 0 bridgehead atoms. The maximum absolute atomic E-state index is 10.7. The molecule has 20 heavy (non-hydrogen) atoms. The first-order chi connectivity index (χ1) is 9.65. The van der Waals surface area contributed by atoms with Gasteiger partial charge < -0.3 is 5.11 Å². The Hall–Kier alpha value is -1.85. The molecule has 0 fully saturated rings. The summed E-state index contributed by atoms with van der Waals surface area (Å²) in [7, 11) is 0. The predicted molar refractivity (Wildman–Crippen MR) is 82.8 cm³/mol. The van der Waals surface area contributed by atoms with Crippen molar-refractivity contribution in [1.82, 2.24) is 0 Å². The molecule has 104 valence electrons. The van der Waals surface area contributed by atoms with Crippen LogP contribution in [0.4, 0.5) is 5.69 Å². The molecule has 0 aliphatic heterocycles. The molecule has 6 heteroatoms. The third-order valence-electron chi connectivity index (χ3n) is 2.55. The lowest BCUT2D eigenvalue weighted by Crippen LogP contribution is -2.06. The van der Waals surface area contributed by atoms with E-state index < -0.39 is 5.97 Å². The summed E-state index contributed by atoms with van der Waals surface area (Å²) in [6, 6.07) is 11.0. The highest BCUT2D eigenvalue weighted by Gasteiger charge is 2.08. The fourth-order valence-electron chi connectivity index (χ4n) is 1.56. The van der Waals surface area contributed by atoms with Gasteiger partial charge in [-0.25, -0.2) is 0 Å². The zero-order valence-electron chi connectivity index (χ0n) is 10.5. The van der Waals surface area contributed by atoms with Gasteiger partial charge in [0.05, 0.1) is 22.7 Å². The molecule has 0 spiro atoms. The van der Waals surface area contributed by atoms with E-state index in [2.05, 4.69) is 10.5 Å². The fourth-order valence-corrected chi connectivity index (χ4v) is 2.43. The van der Waals surface area contributed by atoms with Crippen LogP contribution < -0.4 is 5.43 Å². The molecule has 4 nitrogen and oxygen atoms in total. The molecule has 0 saturated carbocycles. The average molecular weight is 309 g/mol. The minimum atomic E-state index is -0.833. The van der Waals surface area contributed by atoms with E-state index in [1.54, 1.807) is 12.1 Å². The SMILES string of the molecule is O=C(O)CC/C(=N/Nc1ccc(Cl)cc1)c1cccs1. The summed E-state index contributed by atoms with van der Waals surface area (Å²) in [6.07, 6.45) is 0.440. The number of carboxylic acid groups (broad SMARTS) is 1. The number of anilines is 1. The molecular weight excluding hydrogens is 296 g/mol. The van der Waals surface area contributed by atoms with Crippen molar-refractivity contribution in [2.45, 2.75) is 12.8 Å². The Labute approximate surface area is 125 Å². The minimum absolute atomic E-state index is 0.0546. The van der Waals surface area contributed by atoms with Crippen LogP contribution >= 0.6 is 22.9 Å². The molecule has 0 aliphatic carbocycles. The van der Waals surface area contributed by atoms with Gasteiger partial charge in [0.1, 0.15) is 0 Å².